The average Bonchev–Trinajstić information content (AvgIpc) is 2.53. The molecule has 0 fully saturated rings. The van der Waals surface area contributed by atoms with Crippen LogP contribution < -0.4 is 9.64 Å². The van der Waals surface area contributed by atoms with Crippen LogP contribution in [-0.4, -0.2) is 19.7 Å². The molecule has 0 bridgehead atoms. The second-order valence-corrected chi connectivity index (χ2v) is 4.90. The van der Waals surface area contributed by atoms with E-state index in [0.29, 0.717) is 12.2 Å². The summed E-state index contributed by atoms with van der Waals surface area (Å²) in [6, 6.07) is 17.9. The highest BCUT2D eigenvalue weighted by Gasteiger charge is 2.04. The van der Waals surface area contributed by atoms with Crippen LogP contribution in [0, 0.1) is 18.3 Å². The molecule has 0 spiro atoms. The summed E-state index contributed by atoms with van der Waals surface area (Å²) in [4.78, 5) is 2.27. The van der Waals surface area contributed by atoms with Gasteiger partial charge in [0.2, 0.25) is 0 Å². The fraction of sp³-hybridized carbons (Fsp3) is 0.278. The van der Waals surface area contributed by atoms with Crippen LogP contribution in [0.5, 0.6) is 5.75 Å². The number of hydrogen-bond acceptors (Lipinski definition) is 3. The molecule has 2 aromatic rings. The van der Waals surface area contributed by atoms with E-state index in [-0.39, 0.29) is 0 Å². The summed E-state index contributed by atoms with van der Waals surface area (Å²) in [7, 11) is 0. The van der Waals surface area contributed by atoms with Gasteiger partial charge in [0, 0.05) is 12.2 Å². The van der Waals surface area contributed by atoms with Gasteiger partial charge in [0.05, 0.1) is 18.2 Å². The molecule has 0 radical (unpaired) electrons. The van der Waals surface area contributed by atoms with Crippen LogP contribution in [0.25, 0.3) is 0 Å². The topological polar surface area (TPSA) is 36.3 Å². The van der Waals surface area contributed by atoms with Crippen molar-refractivity contribution in [3.63, 3.8) is 0 Å². The standard InChI is InChI=1S/C18H20N2O/c1-3-20(17-9-7-15(2)8-10-17)11-12-21-18-6-4-5-16(13-18)14-19/h4-10,13H,3,11-12H2,1-2H3. The first-order valence-corrected chi connectivity index (χ1v) is 7.17. The zero-order valence-electron chi connectivity index (χ0n) is 12.5. The SMILES string of the molecule is CCN(CCOc1cccc(C#N)c1)c1ccc(C)cc1. The van der Waals surface area contributed by atoms with E-state index in [9.17, 15) is 0 Å². The number of benzene rings is 2. The number of aryl methyl sites for hydroxylation is 1. The maximum Gasteiger partial charge on any atom is 0.120 e. The maximum atomic E-state index is 8.87. The number of nitrogens with zero attached hydrogens (tertiary/aromatic N) is 2. The van der Waals surface area contributed by atoms with Crippen LogP contribution in [0.2, 0.25) is 0 Å². The van der Waals surface area contributed by atoms with Crippen molar-refractivity contribution in [3.05, 3.63) is 59.7 Å². The zero-order valence-corrected chi connectivity index (χ0v) is 12.5. The van der Waals surface area contributed by atoms with Crippen molar-refractivity contribution < 1.29 is 4.74 Å². The first-order chi connectivity index (χ1) is 10.2. The quantitative estimate of drug-likeness (QED) is 0.808. The van der Waals surface area contributed by atoms with E-state index in [1.54, 1.807) is 12.1 Å². The third-order valence-electron chi connectivity index (χ3n) is 3.37. The molecule has 3 nitrogen and oxygen atoms in total. The largest absolute Gasteiger partial charge is 0.492 e. The predicted octanol–water partition coefficient (Wildman–Crippen LogP) is 3.77. The average molecular weight is 280 g/mol. The number of anilines is 1. The molecule has 21 heavy (non-hydrogen) atoms. The highest BCUT2D eigenvalue weighted by molar-refractivity contribution is 5.47. The molecule has 0 aliphatic rings. The number of rotatable bonds is 6. The van der Waals surface area contributed by atoms with E-state index < -0.39 is 0 Å². The zero-order chi connectivity index (χ0) is 15.1. The van der Waals surface area contributed by atoms with Gasteiger partial charge < -0.3 is 9.64 Å². The number of hydrogen-bond donors (Lipinski definition) is 0. The van der Waals surface area contributed by atoms with E-state index in [4.69, 9.17) is 10.00 Å². The molecule has 2 rings (SSSR count). The highest BCUT2D eigenvalue weighted by atomic mass is 16.5. The molecule has 0 unspecified atom stereocenters. The first-order valence-electron chi connectivity index (χ1n) is 7.17. The molecule has 2 aromatic carbocycles. The summed E-state index contributed by atoms with van der Waals surface area (Å²) >= 11 is 0. The Morgan fingerprint density at radius 2 is 1.90 bits per heavy atom. The lowest BCUT2D eigenvalue weighted by Crippen LogP contribution is -2.28. The van der Waals surface area contributed by atoms with Crippen LogP contribution in [0.4, 0.5) is 5.69 Å². The van der Waals surface area contributed by atoms with Gasteiger partial charge in [-0.05, 0) is 44.2 Å². The summed E-state index contributed by atoms with van der Waals surface area (Å²) in [5, 5.41) is 8.87. The summed E-state index contributed by atoms with van der Waals surface area (Å²) in [6.07, 6.45) is 0. The van der Waals surface area contributed by atoms with Crippen LogP contribution in [0.3, 0.4) is 0 Å². The maximum absolute atomic E-state index is 8.87. The van der Waals surface area contributed by atoms with Crippen molar-refractivity contribution in [1.29, 1.82) is 5.26 Å². The molecule has 0 heterocycles. The molecular formula is C18H20N2O. The fourth-order valence-corrected chi connectivity index (χ4v) is 2.15. The van der Waals surface area contributed by atoms with Crippen LogP contribution in [0.15, 0.2) is 48.5 Å². The van der Waals surface area contributed by atoms with Crippen molar-refractivity contribution in [2.75, 3.05) is 24.6 Å². The highest BCUT2D eigenvalue weighted by Crippen LogP contribution is 2.16. The molecule has 0 N–H and O–H groups in total. The third kappa shape index (κ3) is 4.25. The molecule has 0 aliphatic carbocycles. The Hall–Kier alpha value is -2.47. The van der Waals surface area contributed by atoms with Gasteiger partial charge in [0.25, 0.3) is 0 Å². The summed E-state index contributed by atoms with van der Waals surface area (Å²) in [6.45, 7) is 6.57. The lowest BCUT2D eigenvalue weighted by atomic mass is 10.2. The van der Waals surface area contributed by atoms with E-state index in [2.05, 4.69) is 49.1 Å². The summed E-state index contributed by atoms with van der Waals surface area (Å²) in [5.41, 5.74) is 3.09. The Bertz CT molecular complexity index is 614. The number of nitriles is 1. The van der Waals surface area contributed by atoms with Gasteiger partial charge in [0.1, 0.15) is 12.4 Å². The summed E-state index contributed by atoms with van der Waals surface area (Å²) < 4.78 is 5.73. The normalized spacial score (nSPS) is 9.95. The Labute approximate surface area is 126 Å². The molecule has 0 aliphatic heterocycles. The van der Waals surface area contributed by atoms with Crippen molar-refractivity contribution >= 4 is 5.69 Å². The van der Waals surface area contributed by atoms with Crippen LogP contribution >= 0.6 is 0 Å². The second-order valence-electron chi connectivity index (χ2n) is 4.90. The van der Waals surface area contributed by atoms with Gasteiger partial charge in [-0.2, -0.15) is 5.26 Å². The molecule has 0 saturated heterocycles. The Kier molecular flexibility index (Phi) is 5.22. The molecule has 0 amide bonds. The van der Waals surface area contributed by atoms with E-state index >= 15 is 0 Å². The van der Waals surface area contributed by atoms with E-state index in [0.717, 1.165) is 18.8 Å². The van der Waals surface area contributed by atoms with Crippen molar-refractivity contribution in [3.8, 4) is 11.8 Å². The molecule has 3 heteroatoms. The van der Waals surface area contributed by atoms with Gasteiger partial charge in [-0.1, -0.05) is 23.8 Å². The van der Waals surface area contributed by atoms with Gasteiger partial charge in [-0.15, -0.1) is 0 Å². The van der Waals surface area contributed by atoms with Gasteiger partial charge in [-0.3, -0.25) is 0 Å². The smallest absolute Gasteiger partial charge is 0.120 e. The lowest BCUT2D eigenvalue weighted by Gasteiger charge is -2.23. The van der Waals surface area contributed by atoms with Crippen LogP contribution in [0.1, 0.15) is 18.1 Å². The second kappa shape index (κ2) is 7.35. The monoisotopic (exact) mass is 280 g/mol. The number of likely N-dealkylation sites (N-methyl/N-ethyl adjacent to an activating group) is 1. The number of ether oxygens (including phenoxy) is 1. The Balaban J connectivity index is 1.91. The van der Waals surface area contributed by atoms with Crippen molar-refractivity contribution in [2.45, 2.75) is 13.8 Å². The fourth-order valence-electron chi connectivity index (χ4n) is 2.15. The molecular weight excluding hydrogens is 260 g/mol. The molecule has 0 aromatic heterocycles. The molecule has 0 saturated carbocycles. The Morgan fingerprint density at radius 3 is 2.57 bits per heavy atom. The van der Waals surface area contributed by atoms with Crippen LogP contribution in [-0.2, 0) is 0 Å². The predicted molar refractivity (Wildman–Crippen MR) is 85.7 cm³/mol. The lowest BCUT2D eigenvalue weighted by molar-refractivity contribution is 0.324. The molecule has 0 atom stereocenters. The van der Waals surface area contributed by atoms with Gasteiger partial charge in [0.15, 0.2) is 0 Å². The first kappa shape index (κ1) is 14.9. The Morgan fingerprint density at radius 1 is 1.14 bits per heavy atom. The third-order valence-corrected chi connectivity index (χ3v) is 3.37. The van der Waals surface area contributed by atoms with Gasteiger partial charge >= 0.3 is 0 Å². The van der Waals surface area contributed by atoms with Gasteiger partial charge in [-0.25, -0.2) is 0 Å². The summed E-state index contributed by atoms with van der Waals surface area (Å²) in [5.74, 6) is 0.744. The molecule has 108 valence electrons. The minimum Gasteiger partial charge on any atom is -0.492 e. The minimum atomic E-state index is 0.594. The van der Waals surface area contributed by atoms with E-state index in [1.165, 1.54) is 11.3 Å². The minimum absolute atomic E-state index is 0.594. The van der Waals surface area contributed by atoms with Crippen molar-refractivity contribution in [2.24, 2.45) is 0 Å². The van der Waals surface area contributed by atoms with E-state index in [1.807, 2.05) is 12.1 Å². The van der Waals surface area contributed by atoms with Crippen molar-refractivity contribution in [1.82, 2.24) is 0 Å².